The van der Waals surface area contributed by atoms with Crippen LogP contribution in [-0.4, -0.2) is 51.0 Å². The van der Waals surface area contributed by atoms with Crippen molar-refractivity contribution in [1.82, 2.24) is 25.2 Å². The second kappa shape index (κ2) is 8.07. The van der Waals surface area contributed by atoms with Crippen molar-refractivity contribution in [2.75, 3.05) is 25.5 Å². The molecule has 0 aliphatic carbocycles. The van der Waals surface area contributed by atoms with E-state index in [2.05, 4.69) is 25.6 Å². The molecule has 1 aliphatic heterocycles. The lowest BCUT2D eigenvalue weighted by molar-refractivity contribution is -0.139. The van der Waals surface area contributed by atoms with E-state index in [0.717, 1.165) is 17.7 Å². The number of aromatic hydroxyl groups is 1. The van der Waals surface area contributed by atoms with E-state index in [1.165, 1.54) is 12.3 Å². The van der Waals surface area contributed by atoms with E-state index in [9.17, 15) is 18.7 Å². The molecule has 5 rings (SSSR count). The van der Waals surface area contributed by atoms with Crippen molar-refractivity contribution in [1.29, 1.82) is 0 Å². The molecule has 1 saturated heterocycles. The zero-order valence-corrected chi connectivity index (χ0v) is 18.5. The first kappa shape index (κ1) is 21.8. The van der Waals surface area contributed by atoms with Gasteiger partial charge in [0, 0.05) is 32.0 Å². The maximum absolute atomic E-state index is 14.4. The summed E-state index contributed by atoms with van der Waals surface area (Å²) in [5.41, 5.74) is 0.479. The minimum Gasteiger partial charge on any atom is -0.494 e. The summed E-state index contributed by atoms with van der Waals surface area (Å²) in [5.74, 6) is -1.77. The van der Waals surface area contributed by atoms with Crippen molar-refractivity contribution >= 4 is 28.3 Å². The molecule has 4 N–H and O–H groups in total. The van der Waals surface area contributed by atoms with Crippen LogP contribution in [0, 0.1) is 11.6 Å². The SMILES string of the molecule is CN1CCNC(C)(c2ccc(Nc3nc(-c4c(F)cccc4F)nc4c[nH]c(O)c34)cc2)C1=O. The van der Waals surface area contributed by atoms with Crippen molar-refractivity contribution in [3.05, 3.63) is 65.9 Å². The Morgan fingerprint density at radius 1 is 1.12 bits per heavy atom. The van der Waals surface area contributed by atoms with Crippen LogP contribution in [-0.2, 0) is 10.3 Å². The molecule has 10 heteroatoms. The molecule has 8 nitrogen and oxygen atoms in total. The number of aromatic nitrogens is 3. The Morgan fingerprint density at radius 2 is 1.82 bits per heavy atom. The number of benzene rings is 2. The first-order valence-electron chi connectivity index (χ1n) is 10.7. The number of piperazine rings is 1. The molecule has 1 atom stereocenters. The largest absolute Gasteiger partial charge is 0.494 e. The van der Waals surface area contributed by atoms with E-state index in [1.807, 2.05) is 19.1 Å². The molecule has 0 bridgehead atoms. The van der Waals surface area contributed by atoms with Gasteiger partial charge in [0.2, 0.25) is 11.8 Å². The number of hydrogen-bond acceptors (Lipinski definition) is 6. The third-order valence-corrected chi connectivity index (χ3v) is 6.13. The van der Waals surface area contributed by atoms with Gasteiger partial charge in [-0.2, -0.15) is 0 Å². The second-order valence-corrected chi connectivity index (χ2v) is 8.37. The highest BCUT2D eigenvalue weighted by Crippen LogP contribution is 2.35. The van der Waals surface area contributed by atoms with Crippen LogP contribution < -0.4 is 10.6 Å². The first-order chi connectivity index (χ1) is 16.3. The quantitative estimate of drug-likeness (QED) is 0.368. The van der Waals surface area contributed by atoms with Crippen LogP contribution >= 0.6 is 0 Å². The maximum atomic E-state index is 14.4. The van der Waals surface area contributed by atoms with Crippen molar-refractivity contribution in [2.24, 2.45) is 0 Å². The summed E-state index contributed by atoms with van der Waals surface area (Å²) in [6, 6.07) is 10.7. The third-order valence-electron chi connectivity index (χ3n) is 6.13. The van der Waals surface area contributed by atoms with Gasteiger partial charge < -0.3 is 20.3 Å². The molecule has 2 aromatic heterocycles. The highest BCUT2D eigenvalue weighted by atomic mass is 19.1. The van der Waals surface area contributed by atoms with Gasteiger partial charge in [0.15, 0.2) is 5.82 Å². The number of rotatable bonds is 4. The fraction of sp³-hybridized carbons (Fsp3) is 0.208. The number of nitrogens with one attached hydrogen (secondary N) is 3. The number of likely N-dealkylation sites (N-methyl/N-ethyl adjacent to an activating group) is 1. The molecule has 0 spiro atoms. The maximum Gasteiger partial charge on any atom is 0.246 e. The summed E-state index contributed by atoms with van der Waals surface area (Å²) in [4.78, 5) is 25.6. The van der Waals surface area contributed by atoms with Gasteiger partial charge in [-0.1, -0.05) is 18.2 Å². The molecule has 1 unspecified atom stereocenters. The summed E-state index contributed by atoms with van der Waals surface area (Å²) < 4.78 is 28.8. The number of amides is 1. The Kier molecular flexibility index (Phi) is 5.17. The molecule has 3 heterocycles. The summed E-state index contributed by atoms with van der Waals surface area (Å²) in [6.45, 7) is 3.16. The van der Waals surface area contributed by atoms with Gasteiger partial charge in [-0.15, -0.1) is 0 Å². The molecular formula is C24H22F2N6O2. The third kappa shape index (κ3) is 3.52. The number of nitrogens with zero attached hydrogens (tertiary/aromatic N) is 3. The Morgan fingerprint density at radius 3 is 2.53 bits per heavy atom. The van der Waals surface area contributed by atoms with E-state index in [-0.39, 0.29) is 39.9 Å². The smallest absolute Gasteiger partial charge is 0.246 e. The van der Waals surface area contributed by atoms with Gasteiger partial charge in [0.25, 0.3) is 0 Å². The average Bonchev–Trinajstić information content (AvgIpc) is 3.19. The number of anilines is 2. The van der Waals surface area contributed by atoms with Gasteiger partial charge in [-0.05, 0) is 36.8 Å². The van der Waals surface area contributed by atoms with Gasteiger partial charge in [-0.3, -0.25) is 10.1 Å². The predicted octanol–water partition coefficient (Wildman–Crippen LogP) is 3.63. The van der Waals surface area contributed by atoms with Crippen LogP contribution in [0.5, 0.6) is 5.88 Å². The lowest BCUT2D eigenvalue weighted by atomic mass is 9.88. The number of aromatic amines is 1. The zero-order valence-electron chi connectivity index (χ0n) is 18.5. The van der Waals surface area contributed by atoms with Crippen molar-refractivity contribution in [3.8, 4) is 17.3 Å². The van der Waals surface area contributed by atoms with Crippen LogP contribution in [0.1, 0.15) is 12.5 Å². The summed E-state index contributed by atoms with van der Waals surface area (Å²) in [5, 5.41) is 16.9. The van der Waals surface area contributed by atoms with Crippen LogP contribution in [0.4, 0.5) is 20.3 Å². The molecule has 1 aliphatic rings. The van der Waals surface area contributed by atoms with E-state index in [4.69, 9.17) is 0 Å². The van der Waals surface area contributed by atoms with Crippen molar-refractivity contribution in [3.63, 3.8) is 0 Å². The number of carbonyl (C=O) groups excluding carboxylic acids is 1. The molecule has 4 aromatic rings. The topological polar surface area (TPSA) is 106 Å². The predicted molar refractivity (Wildman–Crippen MR) is 124 cm³/mol. The second-order valence-electron chi connectivity index (χ2n) is 8.37. The van der Waals surface area contributed by atoms with E-state index in [0.29, 0.717) is 18.8 Å². The zero-order chi connectivity index (χ0) is 24.0. The number of hydrogen-bond donors (Lipinski definition) is 4. The molecule has 174 valence electrons. The highest BCUT2D eigenvalue weighted by Gasteiger charge is 2.39. The normalized spacial score (nSPS) is 18.5. The van der Waals surface area contributed by atoms with Crippen LogP contribution in [0.15, 0.2) is 48.7 Å². The highest BCUT2D eigenvalue weighted by molar-refractivity contribution is 5.96. The average molecular weight is 464 g/mol. The molecule has 1 fully saturated rings. The fourth-order valence-corrected chi connectivity index (χ4v) is 4.22. The molecule has 0 radical (unpaired) electrons. The standard InChI is InChI=1S/C24H22F2N6O2/c1-24(23(34)32(2)11-10-28-24)13-6-8-14(9-7-13)29-21-19-17(12-27-22(19)33)30-20(31-21)18-15(25)4-3-5-16(18)26/h3-9,12,27-28,33H,10-11H2,1-2H3,(H,29,30,31). The fourth-order valence-electron chi connectivity index (χ4n) is 4.22. The molecule has 2 aromatic carbocycles. The van der Waals surface area contributed by atoms with Crippen LogP contribution in [0.3, 0.4) is 0 Å². The molecule has 0 saturated carbocycles. The molecular weight excluding hydrogens is 442 g/mol. The van der Waals surface area contributed by atoms with Gasteiger partial charge in [-0.25, -0.2) is 18.7 Å². The Bertz CT molecular complexity index is 1380. The lowest BCUT2D eigenvalue weighted by Crippen LogP contribution is -2.59. The number of carbonyl (C=O) groups is 1. The molecule has 1 amide bonds. The van der Waals surface area contributed by atoms with Gasteiger partial charge >= 0.3 is 0 Å². The minimum atomic E-state index is -0.845. The van der Waals surface area contributed by atoms with Crippen molar-refractivity contribution < 1.29 is 18.7 Å². The Labute approximate surface area is 193 Å². The van der Waals surface area contributed by atoms with Crippen molar-refractivity contribution in [2.45, 2.75) is 12.5 Å². The monoisotopic (exact) mass is 464 g/mol. The van der Waals surface area contributed by atoms with Gasteiger partial charge in [0.05, 0.1) is 11.1 Å². The van der Waals surface area contributed by atoms with Crippen LogP contribution in [0.25, 0.3) is 22.3 Å². The van der Waals surface area contributed by atoms with E-state index >= 15 is 0 Å². The summed E-state index contributed by atoms with van der Waals surface area (Å²) in [6.07, 6.45) is 1.43. The number of fused-ring (bicyclic) bond motifs is 1. The minimum absolute atomic E-state index is 0.0224. The first-order valence-corrected chi connectivity index (χ1v) is 10.7. The Balaban J connectivity index is 1.53. The van der Waals surface area contributed by atoms with Gasteiger partial charge in [0.1, 0.15) is 28.4 Å². The molecule has 34 heavy (non-hydrogen) atoms. The van der Waals surface area contributed by atoms with Crippen LogP contribution in [0.2, 0.25) is 0 Å². The van der Waals surface area contributed by atoms with E-state index in [1.54, 1.807) is 24.1 Å². The summed E-state index contributed by atoms with van der Waals surface area (Å²) >= 11 is 0. The Hall–Kier alpha value is -4.05. The lowest BCUT2D eigenvalue weighted by Gasteiger charge is -2.39. The summed E-state index contributed by atoms with van der Waals surface area (Å²) in [7, 11) is 1.77. The van der Waals surface area contributed by atoms with E-state index < -0.39 is 17.2 Å². The number of halogens is 2. The number of H-pyrrole nitrogens is 1.